The van der Waals surface area contributed by atoms with Crippen LogP contribution in [0.15, 0.2) is 42.5 Å². The highest BCUT2D eigenvalue weighted by Gasteiger charge is 2.35. The minimum absolute atomic E-state index is 0.0616. The zero-order valence-electron chi connectivity index (χ0n) is 14.3. The number of hydrogen-bond donors (Lipinski definition) is 1. The van der Waals surface area contributed by atoms with Crippen molar-refractivity contribution in [2.75, 3.05) is 23.9 Å². The quantitative estimate of drug-likeness (QED) is 0.624. The summed E-state index contributed by atoms with van der Waals surface area (Å²) >= 11 is 6.00. The van der Waals surface area contributed by atoms with Crippen LogP contribution < -0.4 is 15.0 Å². The molecular weight excluding hydrogens is 374 g/mol. The Balaban J connectivity index is 1.71. The molecule has 9 heteroatoms. The van der Waals surface area contributed by atoms with Crippen molar-refractivity contribution in [3.8, 4) is 5.75 Å². The van der Waals surface area contributed by atoms with E-state index < -0.39 is 10.8 Å². The molecule has 0 radical (unpaired) electrons. The first-order chi connectivity index (χ1) is 12.9. The molecule has 1 fully saturated rings. The molecule has 27 heavy (non-hydrogen) atoms. The highest BCUT2D eigenvalue weighted by molar-refractivity contribution is 6.34. The van der Waals surface area contributed by atoms with E-state index in [1.54, 1.807) is 24.3 Å². The van der Waals surface area contributed by atoms with Crippen molar-refractivity contribution in [2.45, 2.75) is 6.42 Å². The van der Waals surface area contributed by atoms with Crippen LogP contribution in [0.4, 0.5) is 17.1 Å². The van der Waals surface area contributed by atoms with E-state index in [1.165, 1.54) is 30.2 Å². The molecule has 1 atom stereocenters. The van der Waals surface area contributed by atoms with E-state index in [1.807, 2.05) is 0 Å². The number of rotatable bonds is 5. The van der Waals surface area contributed by atoms with Gasteiger partial charge >= 0.3 is 0 Å². The largest absolute Gasteiger partial charge is 0.497 e. The Bertz CT molecular complexity index is 918. The minimum Gasteiger partial charge on any atom is -0.497 e. The molecule has 140 valence electrons. The van der Waals surface area contributed by atoms with Crippen molar-refractivity contribution in [3.63, 3.8) is 0 Å². The normalized spacial score (nSPS) is 16.3. The third-order valence-electron chi connectivity index (χ3n) is 4.28. The number of hydrogen-bond acceptors (Lipinski definition) is 5. The van der Waals surface area contributed by atoms with Crippen molar-refractivity contribution < 1.29 is 19.2 Å². The van der Waals surface area contributed by atoms with Crippen LogP contribution in [0.2, 0.25) is 5.02 Å². The number of amides is 2. The zero-order chi connectivity index (χ0) is 19.6. The number of nitrogens with one attached hydrogen (secondary N) is 1. The maximum atomic E-state index is 12.5. The Morgan fingerprint density at radius 1 is 1.33 bits per heavy atom. The predicted molar refractivity (Wildman–Crippen MR) is 100 cm³/mol. The number of nitro groups is 1. The van der Waals surface area contributed by atoms with Crippen LogP contribution in [0.5, 0.6) is 5.75 Å². The molecule has 2 amide bonds. The maximum Gasteiger partial charge on any atom is 0.271 e. The lowest BCUT2D eigenvalue weighted by molar-refractivity contribution is -0.384. The van der Waals surface area contributed by atoms with E-state index in [9.17, 15) is 19.7 Å². The molecule has 1 saturated heterocycles. The lowest BCUT2D eigenvalue weighted by atomic mass is 10.1. The number of carbonyl (C=O) groups excluding carboxylic acids is 2. The number of anilines is 2. The van der Waals surface area contributed by atoms with Gasteiger partial charge in [-0.25, -0.2) is 0 Å². The predicted octanol–water partition coefficient (Wildman–Crippen LogP) is 3.25. The first-order valence-corrected chi connectivity index (χ1v) is 8.46. The second-order valence-electron chi connectivity index (χ2n) is 6.02. The highest BCUT2D eigenvalue weighted by Crippen LogP contribution is 2.30. The molecule has 1 heterocycles. The summed E-state index contributed by atoms with van der Waals surface area (Å²) < 4.78 is 5.16. The fraction of sp³-hybridized carbons (Fsp3) is 0.222. The molecule has 0 saturated carbocycles. The number of halogens is 1. The number of benzene rings is 2. The highest BCUT2D eigenvalue weighted by atomic mass is 35.5. The van der Waals surface area contributed by atoms with E-state index in [2.05, 4.69) is 5.32 Å². The Hall–Kier alpha value is -3.13. The molecule has 0 bridgehead atoms. The van der Waals surface area contributed by atoms with Gasteiger partial charge in [0.15, 0.2) is 0 Å². The van der Waals surface area contributed by atoms with Crippen molar-refractivity contribution >= 4 is 40.5 Å². The summed E-state index contributed by atoms with van der Waals surface area (Å²) in [6.07, 6.45) is 0.0631. The minimum atomic E-state index is -0.570. The molecule has 2 aromatic rings. The van der Waals surface area contributed by atoms with Crippen LogP contribution in [0, 0.1) is 16.0 Å². The van der Waals surface area contributed by atoms with Gasteiger partial charge < -0.3 is 15.0 Å². The molecular formula is C18H16ClN3O5. The van der Waals surface area contributed by atoms with E-state index in [4.69, 9.17) is 16.3 Å². The molecule has 0 aromatic heterocycles. The monoisotopic (exact) mass is 389 g/mol. The fourth-order valence-electron chi connectivity index (χ4n) is 2.86. The first kappa shape index (κ1) is 18.7. The summed E-state index contributed by atoms with van der Waals surface area (Å²) in [6, 6.07) is 10.8. The van der Waals surface area contributed by atoms with Gasteiger partial charge in [0.05, 0.1) is 28.7 Å². The second kappa shape index (κ2) is 7.63. The molecule has 1 N–H and O–H groups in total. The van der Waals surface area contributed by atoms with Gasteiger partial charge in [-0.2, -0.15) is 0 Å². The Morgan fingerprint density at radius 2 is 2.11 bits per heavy atom. The van der Waals surface area contributed by atoms with Crippen LogP contribution in [0.3, 0.4) is 0 Å². The average molecular weight is 390 g/mol. The number of ether oxygens (including phenoxy) is 1. The number of methoxy groups -OCH3 is 1. The molecule has 1 aliphatic heterocycles. The van der Waals surface area contributed by atoms with Crippen molar-refractivity contribution in [3.05, 3.63) is 57.6 Å². The van der Waals surface area contributed by atoms with E-state index in [-0.39, 0.29) is 41.2 Å². The van der Waals surface area contributed by atoms with Gasteiger partial charge in [-0.15, -0.1) is 0 Å². The lowest BCUT2D eigenvalue weighted by Crippen LogP contribution is -2.28. The summed E-state index contributed by atoms with van der Waals surface area (Å²) in [7, 11) is 1.54. The molecule has 2 aromatic carbocycles. The third-order valence-corrected chi connectivity index (χ3v) is 4.59. The van der Waals surface area contributed by atoms with E-state index in [0.29, 0.717) is 11.4 Å². The van der Waals surface area contributed by atoms with Gasteiger partial charge in [0.2, 0.25) is 11.8 Å². The number of nitro benzene ring substituents is 1. The van der Waals surface area contributed by atoms with Crippen LogP contribution in [-0.2, 0) is 9.59 Å². The van der Waals surface area contributed by atoms with Crippen molar-refractivity contribution in [2.24, 2.45) is 5.92 Å². The smallest absolute Gasteiger partial charge is 0.271 e. The number of non-ortho nitro benzene ring substituents is 1. The van der Waals surface area contributed by atoms with Crippen LogP contribution >= 0.6 is 11.6 Å². The van der Waals surface area contributed by atoms with Crippen molar-refractivity contribution in [1.82, 2.24) is 0 Å². The van der Waals surface area contributed by atoms with Crippen LogP contribution in [0.1, 0.15) is 6.42 Å². The topological polar surface area (TPSA) is 102 Å². The summed E-state index contributed by atoms with van der Waals surface area (Å²) in [5.41, 5.74) is 0.751. The average Bonchev–Trinajstić information content (AvgIpc) is 3.05. The van der Waals surface area contributed by atoms with E-state index in [0.717, 1.165) is 0 Å². The van der Waals surface area contributed by atoms with Gasteiger partial charge in [0.1, 0.15) is 5.75 Å². The van der Waals surface area contributed by atoms with Crippen LogP contribution in [-0.4, -0.2) is 30.4 Å². The molecule has 0 unspecified atom stereocenters. The standard InChI is InChI=1S/C18H16ClN3O5/c1-27-14-4-2-3-12(8-14)21-10-11(7-17(21)23)18(24)20-16-6-5-13(22(25)26)9-15(16)19/h2-6,8-9,11H,7,10H2,1H3,(H,20,24)/t11-/m0/s1. The molecule has 8 nitrogen and oxygen atoms in total. The summed E-state index contributed by atoms with van der Waals surface area (Å²) in [5, 5.41) is 13.5. The third kappa shape index (κ3) is 4.01. The van der Waals surface area contributed by atoms with Crippen molar-refractivity contribution in [1.29, 1.82) is 0 Å². The molecule has 1 aliphatic rings. The summed E-state index contributed by atoms with van der Waals surface area (Å²) in [4.78, 5) is 36.6. The Morgan fingerprint density at radius 3 is 2.78 bits per heavy atom. The SMILES string of the molecule is COc1cccc(N2C[C@@H](C(=O)Nc3ccc([N+](=O)[O-])cc3Cl)CC2=O)c1. The zero-order valence-corrected chi connectivity index (χ0v) is 15.1. The number of nitrogens with zero attached hydrogens (tertiary/aromatic N) is 2. The molecule has 0 spiro atoms. The maximum absolute atomic E-state index is 12.5. The van der Waals surface area contributed by atoms with Crippen LogP contribution in [0.25, 0.3) is 0 Å². The van der Waals surface area contributed by atoms with Gasteiger partial charge in [-0.05, 0) is 18.2 Å². The Labute approximate surface area is 159 Å². The molecule has 3 rings (SSSR count). The molecule has 0 aliphatic carbocycles. The van der Waals surface area contributed by atoms with E-state index >= 15 is 0 Å². The summed E-state index contributed by atoms with van der Waals surface area (Å²) in [5.74, 6) is -0.483. The Kier molecular flexibility index (Phi) is 5.27. The second-order valence-corrected chi connectivity index (χ2v) is 6.42. The van der Waals surface area contributed by atoms with Gasteiger partial charge in [-0.1, -0.05) is 17.7 Å². The summed E-state index contributed by atoms with van der Waals surface area (Å²) in [6.45, 7) is 0.225. The van der Waals surface area contributed by atoms with Gasteiger partial charge in [0.25, 0.3) is 5.69 Å². The lowest BCUT2D eigenvalue weighted by Gasteiger charge is -2.17. The fourth-order valence-corrected chi connectivity index (χ4v) is 3.09. The van der Waals surface area contributed by atoms with Gasteiger partial charge in [-0.3, -0.25) is 19.7 Å². The number of carbonyl (C=O) groups is 2. The van der Waals surface area contributed by atoms with Gasteiger partial charge in [0, 0.05) is 36.9 Å². The first-order valence-electron chi connectivity index (χ1n) is 8.08.